The Bertz CT molecular complexity index is 388. The summed E-state index contributed by atoms with van der Waals surface area (Å²) in [6.07, 6.45) is 2.67. The molecule has 0 fully saturated rings. The third kappa shape index (κ3) is 3.20. The summed E-state index contributed by atoms with van der Waals surface area (Å²) in [5, 5.41) is 0.488. The molecule has 0 saturated carbocycles. The van der Waals surface area contributed by atoms with Crippen molar-refractivity contribution < 1.29 is 4.39 Å². The van der Waals surface area contributed by atoms with Crippen LogP contribution in [0.15, 0.2) is 18.2 Å². The number of hydrogen-bond acceptors (Lipinski definition) is 1. The minimum Gasteiger partial charge on any atom is -0.330 e. The zero-order valence-electron chi connectivity index (χ0n) is 8.36. The molecule has 0 aliphatic heterocycles. The second-order valence-electron chi connectivity index (χ2n) is 3.21. The van der Waals surface area contributed by atoms with Crippen molar-refractivity contribution in [2.45, 2.75) is 13.3 Å². The Kier molecular flexibility index (Phi) is 4.58. The minimum absolute atomic E-state index is 0.0374. The summed E-state index contributed by atoms with van der Waals surface area (Å²) in [6, 6.07) is 2.75. The summed E-state index contributed by atoms with van der Waals surface area (Å²) >= 11 is 11.5. The van der Waals surface area contributed by atoms with E-state index >= 15 is 0 Å². The molecule has 1 aromatic rings. The molecule has 0 amide bonds. The van der Waals surface area contributed by atoms with Crippen LogP contribution in [0.2, 0.25) is 10.0 Å². The first-order chi connectivity index (χ1) is 7.06. The van der Waals surface area contributed by atoms with Gasteiger partial charge in [0.2, 0.25) is 0 Å². The highest BCUT2D eigenvalue weighted by molar-refractivity contribution is 6.35. The maximum absolute atomic E-state index is 13.2. The van der Waals surface area contributed by atoms with Crippen LogP contribution in [0.3, 0.4) is 0 Å². The highest BCUT2D eigenvalue weighted by Crippen LogP contribution is 2.29. The van der Waals surface area contributed by atoms with E-state index in [0.29, 0.717) is 17.1 Å². The van der Waals surface area contributed by atoms with Gasteiger partial charge in [0.05, 0.1) is 5.02 Å². The molecular formula is C11H12Cl2FN. The van der Waals surface area contributed by atoms with Crippen molar-refractivity contribution in [3.05, 3.63) is 39.6 Å². The maximum atomic E-state index is 13.2. The molecule has 0 aromatic heterocycles. The van der Waals surface area contributed by atoms with Gasteiger partial charge in [-0.1, -0.05) is 29.3 Å². The van der Waals surface area contributed by atoms with Gasteiger partial charge in [-0.15, -0.1) is 0 Å². The van der Waals surface area contributed by atoms with E-state index in [1.165, 1.54) is 12.1 Å². The van der Waals surface area contributed by atoms with Gasteiger partial charge in [0, 0.05) is 5.02 Å². The Balaban J connectivity index is 3.09. The first-order valence-electron chi connectivity index (χ1n) is 4.58. The summed E-state index contributed by atoms with van der Waals surface area (Å²) in [4.78, 5) is 0. The molecule has 1 rings (SSSR count). The topological polar surface area (TPSA) is 26.0 Å². The predicted molar refractivity (Wildman–Crippen MR) is 63.7 cm³/mol. The van der Waals surface area contributed by atoms with E-state index in [2.05, 4.69) is 0 Å². The van der Waals surface area contributed by atoms with Gasteiger partial charge in [-0.3, -0.25) is 0 Å². The fourth-order valence-corrected chi connectivity index (χ4v) is 1.77. The highest BCUT2D eigenvalue weighted by atomic mass is 35.5. The lowest BCUT2D eigenvalue weighted by molar-refractivity contribution is 0.628. The summed E-state index contributed by atoms with van der Waals surface area (Å²) in [7, 11) is 0. The Morgan fingerprint density at radius 1 is 1.40 bits per heavy atom. The van der Waals surface area contributed by atoms with Crippen molar-refractivity contribution in [3.8, 4) is 0 Å². The van der Waals surface area contributed by atoms with E-state index in [1.54, 1.807) is 0 Å². The molecule has 1 aromatic carbocycles. The van der Waals surface area contributed by atoms with E-state index < -0.39 is 5.82 Å². The molecule has 0 unspecified atom stereocenters. The number of allylic oxidation sites excluding steroid dienone is 1. The number of halogens is 3. The first kappa shape index (κ1) is 12.5. The molecule has 0 atom stereocenters. The zero-order valence-corrected chi connectivity index (χ0v) is 9.87. The molecule has 0 radical (unpaired) electrons. The van der Waals surface area contributed by atoms with Crippen LogP contribution in [0.4, 0.5) is 4.39 Å². The minimum atomic E-state index is -0.462. The van der Waals surface area contributed by atoms with Gasteiger partial charge in [0.15, 0.2) is 0 Å². The monoisotopic (exact) mass is 247 g/mol. The van der Waals surface area contributed by atoms with E-state index in [0.717, 1.165) is 12.0 Å². The average Bonchev–Trinajstić information content (AvgIpc) is 2.20. The van der Waals surface area contributed by atoms with E-state index in [4.69, 9.17) is 28.9 Å². The molecule has 0 spiro atoms. The first-order valence-corrected chi connectivity index (χ1v) is 5.33. The zero-order chi connectivity index (χ0) is 11.4. The largest absolute Gasteiger partial charge is 0.330 e. The van der Waals surface area contributed by atoms with Crippen LogP contribution >= 0.6 is 23.2 Å². The molecule has 4 heteroatoms. The molecule has 82 valence electrons. The van der Waals surface area contributed by atoms with Crippen LogP contribution in [0.1, 0.15) is 18.9 Å². The van der Waals surface area contributed by atoms with Crippen LogP contribution in [-0.2, 0) is 0 Å². The Labute approximate surface area is 98.7 Å². The van der Waals surface area contributed by atoms with E-state index in [9.17, 15) is 4.39 Å². The molecule has 0 bridgehead atoms. The maximum Gasteiger partial charge on any atom is 0.142 e. The molecule has 1 nitrogen and oxygen atoms in total. The van der Waals surface area contributed by atoms with Crippen LogP contribution in [-0.4, -0.2) is 6.54 Å². The molecular weight excluding hydrogens is 236 g/mol. The Hall–Kier alpha value is -0.570. The number of hydrogen-bond donors (Lipinski definition) is 1. The number of nitrogens with two attached hydrogens (primary N) is 1. The lowest BCUT2D eigenvalue weighted by Gasteiger charge is -2.06. The van der Waals surface area contributed by atoms with Crippen molar-refractivity contribution in [1.82, 2.24) is 0 Å². The van der Waals surface area contributed by atoms with E-state index in [-0.39, 0.29) is 5.02 Å². The third-order valence-electron chi connectivity index (χ3n) is 2.05. The summed E-state index contributed by atoms with van der Waals surface area (Å²) in [6.45, 7) is 2.43. The van der Waals surface area contributed by atoms with Crippen LogP contribution in [0, 0.1) is 5.82 Å². The molecule has 0 saturated heterocycles. The number of benzene rings is 1. The Morgan fingerprint density at radius 2 is 2.07 bits per heavy atom. The Morgan fingerprint density at radius 3 is 2.67 bits per heavy atom. The van der Waals surface area contributed by atoms with Gasteiger partial charge in [-0.2, -0.15) is 0 Å². The fourth-order valence-electron chi connectivity index (χ4n) is 1.23. The molecule has 0 aliphatic rings. The predicted octanol–water partition coefficient (Wildman–Crippen LogP) is 3.88. The van der Waals surface area contributed by atoms with Gasteiger partial charge in [-0.25, -0.2) is 4.39 Å². The average molecular weight is 248 g/mol. The summed E-state index contributed by atoms with van der Waals surface area (Å²) in [5.74, 6) is -0.462. The molecule has 0 aliphatic carbocycles. The lowest BCUT2D eigenvalue weighted by Crippen LogP contribution is -1.96. The molecule has 2 N–H and O–H groups in total. The third-order valence-corrected chi connectivity index (χ3v) is 2.65. The second-order valence-corrected chi connectivity index (χ2v) is 4.03. The highest BCUT2D eigenvalue weighted by Gasteiger charge is 2.07. The van der Waals surface area contributed by atoms with Crippen LogP contribution in [0.5, 0.6) is 0 Å². The van der Waals surface area contributed by atoms with Gasteiger partial charge in [0.25, 0.3) is 0 Å². The quantitative estimate of drug-likeness (QED) is 0.807. The van der Waals surface area contributed by atoms with E-state index in [1.807, 2.05) is 13.0 Å². The molecule has 15 heavy (non-hydrogen) atoms. The van der Waals surface area contributed by atoms with Crippen molar-refractivity contribution in [1.29, 1.82) is 0 Å². The number of rotatable bonds is 3. The van der Waals surface area contributed by atoms with Gasteiger partial charge < -0.3 is 5.73 Å². The smallest absolute Gasteiger partial charge is 0.142 e. The van der Waals surface area contributed by atoms with Gasteiger partial charge >= 0.3 is 0 Å². The second kappa shape index (κ2) is 5.50. The SMILES string of the molecule is CC(=CCCN)c1cc(F)c(Cl)cc1Cl. The fraction of sp³-hybridized carbons (Fsp3) is 0.273. The summed E-state index contributed by atoms with van der Waals surface area (Å²) < 4.78 is 13.2. The van der Waals surface area contributed by atoms with Gasteiger partial charge in [0.1, 0.15) is 5.82 Å². The van der Waals surface area contributed by atoms with Crippen molar-refractivity contribution in [2.24, 2.45) is 5.73 Å². The van der Waals surface area contributed by atoms with Crippen molar-refractivity contribution in [3.63, 3.8) is 0 Å². The summed E-state index contributed by atoms with van der Waals surface area (Å²) in [5.41, 5.74) is 6.94. The van der Waals surface area contributed by atoms with Crippen LogP contribution in [0.25, 0.3) is 5.57 Å². The van der Waals surface area contributed by atoms with Crippen molar-refractivity contribution >= 4 is 28.8 Å². The van der Waals surface area contributed by atoms with Gasteiger partial charge in [-0.05, 0) is 43.2 Å². The molecule has 0 heterocycles. The van der Waals surface area contributed by atoms with Crippen LogP contribution < -0.4 is 5.73 Å². The normalized spacial score (nSPS) is 11.9. The lowest BCUT2D eigenvalue weighted by atomic mass is 10.1. The van der Waals surface area contributed by atoms with Crippen molar-refractivity contribution in [2.75, 3.05) is 6.54 Å². The standard InChI is InChI=1S/C11H12Cl2FN/c1-7(3-2-4-15)8-5-11(14)10(13)6-9(8)12/h3,5-6H,2,4,15H2,1H3.